The third-order valence-electron chi connectivity index (χ3n) is 8.09. The van der Waals surface area contributed by atoms with Gasteiger partial charge in [-0.15, -0.1) is 0 Å². The molecule has 2 aromatic heterocycles. The highest BCUT2D eigenvalue weighted by Crippen LogP contribution is 2.31. The van der Waals surface area contributed by atoms with E-state index in [0.29, 0.717) is 47.9 Å². The largest absolute Gasteiger partial charge is 0.495 e. The smallest absolute Gasteiger partial charge is 0.260 e. The number of rotatable bonds is 13. The van der Waals surface area contributed by atoms with E-state index in [1.54, 1.807) is 19.5 Å². The lowest BCUT2D eigenvalue weighted by Gasteiger charge is -2.29. The van der Waals surface area contributed by atoms with Crippen LogP contribution in [0.5, 0.6) is 17.2 Å². The van der Waals surface area contributed by atoms with Crippen molar-refractivity contribution in [2.75, 3.05) is 20.3 Å². The number of hydrogen-bond acceptors (Lipinski definition) is 7. The second-order valence-corrected chi connectivity index (χ2v) is 11.5. The Balaban J connectivity index is 1.15. The van der Waals surface area contributed by atoms with Gasteiger partial charge in [0.05, 0.1) is 18.7 Å². The molecule has 0 atom stereocenters. The van der Waals surface area contributed by atoms with Crippen molar-refractivity contribution >= 4 is 17.5 Å². The molecule has 9 nitrogen and oxygen atoms in total. The number of hydrogen-bond donors (Lipinski definition) is 0. The average Bonchev–Trinajstić information content (AvgIpc) is 3.79. The van der Waals surface area contributed by atoms with Gasteiger partial charge in [0.25, 0.3) is 5.91 Å². The van der Waals surface area contributed by atoms with E-state index in [1.165, 1.54) is 0 Å². The molecule has 236 valence electrons. The Hall–Kier alpha value is -4.89. The molecule has 2 heterocycles. The Morgan fingerprint density at radius 1 is 0.913 bits per heavy atom. The van der Waals surface area contributed by atoms with Crippen molar-refractivity contribution in [1.82, 2.24) is 24.6 Å². The Morgan fingerprint density at radius 2 is 1.63 bits per heavy atom. The number of nitrogens with zero attached hydrogens (tertiary/aromatic N) is 5. The summed E-state index contributed by atoms with van der Waals surface area (Å²) in [5.41, 5.74) is 2.75. The van der Waals surface area contributed by atoms with Crippen molar-refractivity contribution in [3.05, 3.63) is 108 Å². The number of carbonyl (C=O) groups excluding carboxylic acids is 1. The van der Waals surface area contributed by atoms with Crippen molar-refractivity contribution in [2.24, 2.45) is 0 Å². The van der Waals surface area contributed by atoms with Crippen LogP contribution in [-0.2, 0) is 17.9 Å². The van der Waals surface area contributed by atoms with Crippen molar-refractivity contribution < 1.29 is 19.0 Å². The predicted octanol–water partition coefficient (Wildman–Crippen LogP) is 7.10. The van der Waals surface area contributed by atoms with E-state index in [4.69, 9.17) is 35.9 Å². The summed E-state index contributed by atoms with van der Waals surface area (Å²) in [6.45, 7) is 1.35. The molecule has 0 N–H and O–H groups in total. The minimum absolute atomic E-state index is 0.0543. The highest BCUT2D eigenvalue weighted by Gasteiger charge is 2.27. The van der Waals surface area contributed by atoms with E-state index in [-0.39, 0.29) is 18.6 Å². The summed E-state index contributed by atoms with van der Waals surface area (Å²) >= 11 is 6.48. The van der Waals surface area contributed by atoms with Gasteiger partial charge in [0.2, 0.25) is 0 Å². The van der Waals surface area contributed by atoms with Gasteiger partial charge in [0.15, 0.2) is 18.3 Å². The van der Waals surface area contributed by atoms with Crippen molar-refractivity contribution in [1.29, 1.82) is 0 Å². The van der Waals surface area contributed by atoms with Gasteiger partial charge < -0.3 is 19.1 Å². The highest BCUT2D eigenvalue weighted by molar-refractivity contribution is 6.32. The normalized spacial score (nSPS) is 13.0. The number of aromatic nitrogens is 4. The molecule has 0 saturated heterocycles. The van der Waals surface area contributed by atoms with E-state index in [9.17, 15) is 4.79 Å². The summed E-state index contributed by atoms with van der Waals surface area (Å²) in [7, 11) is 1.58. The number of pyridine rings is 1. The molecule has 3 aromatic carbocycles. The quantitative estimate of drug-likeness (QED) is 0.136. The zero-order valence-electron chi connectivity index (χ0n) is 25.7. The average molecular weight is 638 g/mol. The van der Waals surface area contributed by atoms with Crippen LogP contribution in [0.1, 0.15) is 31.2 Å². The Morgan fingerprint density at radius 3 is 2.33 bits per heavy atom. The minimum atomic E-state index is -0.0557. The van der Waals surface area contributed by atoms with Gasteiger partial charge in [-0.2, -0.15) is 5.10 Å². The first-order chi connectivity index (χ1) is 22.6. The first kappa shape index (κ1) is 31.1. The van der Waals surface area contributed by atoms with Crippen LogP contribution in [0, 0.1) is 0 Å². The Bertz CT molecular complexity index is 1730. The molecule has 46 heavy (non-hydrogen) atoms. The molecule has 1 saturated carbocycles. The van der Waals surface area contributed by atoms with Crippen LogP contribution in [0.15, 0.2) is 97.3 Å². The van der Waals surface area contributed by atoms with Gasteiger partial charge in [-0.25, -0.2) is 9.67 Å². The van der Waals surface area contributed by atoms with Crippen LogP contribution in [0.2, 0.25) is 5.02 Å². The first-order valence-corrected chi connectivity index (χ1v) is 15.8. The summed E-state index contributed by atoms with van der Waals surface area (Å²) in [5.74, 6) is 3.10. The second-order valence-electron chi connectivity index (χ2n) is 11.1. The van der Waals surface area contributed by atoms with Crippen molar-refractivity contribution in [3.63, 3.8) is 0 Å². The molecule has 0 bridgehead atoms. The molecule has 0 aliphatic heterocycles. The Labute approximate surface area is 273 Å². The maximum Gasteiger partial charge on any atom is 0.260 e. The predicted molar refractivity (Wildman–Crippen MR) is 177 cm³/mol. The molecule has 10 heteroatoms. The number of carbonyl (C=O) groups is 1. The third kappa shape index (κ3) is 7.66. The van der Waals surface area contributed by atoms with Crippen LogP contribution in [0.3, 0.4) is 0 Å². The second kappa shape index (κ2) is 14.9. The molecule has 5 aromatic rings. The lowest BCUT2D eigenvalue weighted by atomic mass is 10.2. The summed E-state index contributed by atoms with van der Waals surface area (Å²) in [4.78, 5) is 24.6. The molecule has 1 aliphatic rings. The van der Waals surface area contributed by atoms with Crippen molar-refractivity contribution in [3.8, 4) is 40.0 Å². The maximum absolute atomic E-state index is 13.6. The standard InChI is InChI=1S/C36H36ClN5O4/c1-44-33-16-11-28(23-32(33)37)36-39-35(27-17-19-38-20-18-27)40-42(36)22-21-41(29-9-5-6-10-29)34(43)25-46-31-14-12-30(13-15-31)45-24-26-7-3-2-4-8-26/h2-4,7-8,11-20,23,29H,5-6,9-10,21-22,24-25H2,1H3. The molecule has 0 spiro atoms. The molecule has 0 radical (unpaired) electrons. The van der Waals surface area contributed by atoms with Gasteiger partial charge in [0, 0.05) is 36.1 Å². The topological polar surface area (TPSA) is 91.6 Å². The number of amides is 1. The summed E-state index contributed by atoms with van der Waals surface area (Å²) < 4.78 is 19.0. The SMILES string of the molecule is COc1ccc(-c2nc(-c3ccncc3)nn2CCN(C(=O)COc2ccc(OCc3ccccc3)cc2)C2CCCC2)cc1Cl. The lowest BCUT2D eigenvalue weighted by molar-refractivity contribution is -0.135. The lowest BCUT2D eigenvalue weighted by Crippen LogP contribution is -2.43. The number of ether oxygens (including phenoxy) is 3. The minimum Gasteiger partial charge on any atom is -0.495 e. The summed E-state index contributed by atoms with van der Waals surface area (Å²) in [6, 6.07) is 26.8. The highest BCUT2D eigenvalue weighted by atomic mass is 35.5. The molecule has 1 amide bonds. The van der Waals surface area contributed by atoms with E-state index in [2.05, 4.69) is 4.98 Å². The fourth-order valence-corrected chi connectivity index (χ4v) is 5.93. The molecular weight excluding hydrogens is 602 g/mol. The molecule has 6 rings (SSSR count). The molecule has 1 fully saturated rings. The van der Waals surface area contributed by atoms with Gasteiger partial charge in [0.1, 0.15) is 23.9 Å². The van der Waals surface area contributed by atoms with Gasteiger partial charge in [-0.05, 0) is 73.0 Å². The van der Waals surface area contributed by atoms with Crippen molar-refractivity contribution in [2.45, 2.75) is 44.9 Å². The van der Waals surface area contributed by atoms with Crippen LogP contribution >= 0.6 is 11.6 Å². The van der Waals surface area contributed by atoms with Crippen LogP contribution in [0.4, 0.5) is 0 Å². The van der Waals surface area contributed by atoms with E-state index in [1.807, 2.05) is 94.5 Å². The fourth-order valence-electron chi connectivity index (χ4n) is 5.67. The van der Waals surface area contributed by atoms with Crippen LogP contribution in [0.25, 0.3) is 22.8 Å². The number of methoxy groups -OCH3 is 1. The van der Waals surface area contributed by atoms with Crippen LogP contribution < -0.4 is 14.2 Å². The summed E-state index contributed by atoms with van der Waals surface area (Å²) in [6.07, 6.45) is 7.58. The number of halogens is 1. The zero-order chi connectivity index (χ0) is 31.7. The number of benzene rings is 3. The van der Waals surface area contributed by atoms with E-state index in [0.717, 1.165) is 48.1 Å². The Kier molecular flexibility index (Phi) is 10.1. The maximum atomic E-state index is 13.6. The molecule has 1 aliphatic carbocycles. The summed E-state index contributed by atoms with van der Waals surface area (Å²) in [5, 5.41) is 5.33. The monoisotopic (exact) mass is 637 g/mol. The molecule has 0 unspecified atom stereocenters. The van der Waals surface area contributed by atoms with E-state index >= 15 is 0 Å². The van der Waals surface area contributed by atoms with Crippen LogP contribution in [-0.4, -0.2) is 56.9 Å². The van der Waals surface area contributed by atoms with Gasteiger partial charge in [-0.3, -0.25) is 9.78 Å². The molecular formula is C36H36ClN5O4. The van der Waals surface area contributed by atoms with E-state index < -0.39 is 0 Å². The van der Waals surface area contributed by atoms with Gasteiger partial charge in [-0.1, -0.05) is 54.8 Å². The first-order valence-electron chi connectivity index (χ1n) is 15.5. The zero-order valence-corrected chi connectivity index (χ0v) is 26.5. The third-order valence-corrected chi connectivity index (χ3v) is 8.39. The fraction of sp³-hybridized carbons (Fsp3) is 0.278. The van der Waals surface area contributed by atoms with Gasteiger partial charge >= 0.3 is 0 Å².